The number of hydrogen-bond acceptors (Lipinski definition) is 4. The zero-order valence-electron chi connectivity index (χ0n) is 11.9. The van der Waals surface area contributed by atoms with Crippen molar-refractivity contribution < 1.29 is 4.79 Å². The fourth-order valence-corrected chi connectivity index (χ4v) is 2.96. The first kappa shape index (κ1) is 13.2. The molecule has 108 valence electrons. The van der Waals surface area contributed by atoms with Gasteiger partial charge in [-0.3, -0.25) is 4.79 Å². The summed E-state index contributed by atoms with van der Waals surface area (Å²) in [6, 6.07) is 8.07. The van der Waals surface area contributed by atoms with E-state index in [1.54, 1.807) is 0 Å². The number of piperidine rings is 1. The first-order chi connectivity index (χ1) is 9.72. The number of hydrogen-bond donors (Lipinski definition) is 3. The van der Waals surface area contributed by atoms with Crippen molar-refractivity contribution in [3.05, 3.63) is 24.3 Å². The number of carbonyl (C=O) groups excluding carboxylic acids is 1. The lowest BCUT2D eigenvalue weighted by Gasteiger charge is -2.33. The summed E-state index contributed by atoms with van der Waals surface area (Å²) in [6.45, 7) is 2.71. The van der Waals surface area contributed by atoms with E-state index in [1.807, 2.05) is 24.3 Å². The normalized spacial score (nSPS) is 26.1. The number of fused-ring (bicyclic) bond motifs is 1. The summed E-state index contributed by atoms with van der Waals surface area (Å²) in [5, 5.41) is 9.78. The Morgan fingerprint density at radius 3 is 2.95 bits per heavy atom. The second kappa shape index (κ2) is 5.71. The molecule has 0 spiro atoms. The van der Waals surface area contributed by atoms with Gasteiger partial charge in [0.05, 0.1) is 11.4 Å². The van der Waals surface area contributed by atoms with E-state index >= 15 is 0 Å². The molecule has 1 aromatic rings. The van der Waals surface area contributed by atoms with Crippen molar-refractivity contribution in [1.29, 1.82) is 0 Å². The van der Waals surface area contributed by atoms with E-state index < -0.39 is 0 Å². The highest BCUT2D eigenvalue weighted by atomic mass is 16.2. The first-order valence-corrected chi connectivity index (χ1v) is 7.31. The monoisotopic (exact) mass is 274 g/mol. The van der Waals surface area contributed by atoms with Gasteiger partial charge in [-0.05, 0) is 38.6 Å². The van der Waals surface area contributed by atoms with Crippen molar-refractivity contribution in [2.45, 2.75) is 24.9 Å². The molecule has 0 aliphatic carbocycles. The van der Waals surface area contributed by atoms with E-state index in [4.69, 9.17) is 0 Å². The Kier molecular flexibility index (Phi) is 3.78. The van der Waals surface area contributed by atoms with Gasteiger partial charge in [0, 0.05) is 19.1 Å². The molecule has 1 saturated heterocycles. The molecule has 2 aliphatic heterocycles. The van der Waals surface area contributed by atoms with Crippen LogP contribution in [0.25, 0.3) is 0 Å². The molecule has 0 aromatic heterocycles. The molecule has 1 fully saturated rings. The van der Waals surface area contributed by atoms with E-state index in [9.17, 15) is 4.79 Å². The second-order valence-electron chi connectivity index (χ2n) is 5.73. The molecule has 20 heavy (non-hydrogen) atoms. The minimum Gasteiger partial charge on any atom is -0.381 e. The van der Waals surface area contributed by atoms with Crippen LogP contribution in [-0.2, 0) is 4.79 Å². The lowest BCUT2D eigenvalue weighted by atomic mass is 10.1. The third-order valence-electron chi connectivity index (χ3n) is 4.04. The van der Waals surface area contributed by atoms with Crippen LogP contribution in [-0.4, -0.2) is 49.6 Å². The predicted octanol–water partition coefficient (Wildman–Crippen LogP) is 1.10. The minimum atomic E-state index is -0.197. The lowest BCUT2D eigenvalue weighted by Crippen LogP contribution is -2.53. The van der Waals surface area contributed by atoms with Crippen molar-refractivity contribution in [2.24, 2.45) is 0 Å². The number of benzene rings is 1. The quantitative estimate of drug-likeness (QED) is 0.756. The number of rotatable bonds is 2. The van der Waals surface area contributed by atoms with Crippen LogP contribution in [0.1, 0.15) is 12.8 Å². The second-order valence-corrected chi connectivity index (χ2v) is 5.73. The highest BCUT2D eigenvalue weighted by Crippen LogP contribution is 2.25. The zero-order valence-corrected chi connectivity index (χ0v) is 11.9. The SMILES string of the molecule is CN1CCCC(NC(=O)C2CNc3ccccc3N2)C1. The molecule has 1 amide bonds. The number of carbonyl (C=O) groups is 1. The maximum atomic E-state index is 12.4. The number of nitrogens with zero attached hydrogens (tertiary/aromatic N) is 1. The molecule has 2 atom stereocenters. The van der Waals surface area contributed by atoms with E-state index in [1.165, 1.54) is 0 Å². The maximum absolute atomic E-state index is 12.4. The first-order valence-electron chi connectivity index (χ1n) is 7.31. The van der Waals surface area contributed by atoms with Gasteiger partial charge in [-0.15, -0.1) is 0 Å². The number of likely N-dealkylation sites (tertiary alicyclic amines) is 1. The fourth-order valence-electron chi connectivity index (χ4n) is 2.96. The third-order valence-corrected chi connectivity index (χ3v) is 4.04. The summed E-state index contributed by atoms with van der Waals surface area (Å²) in [6.07, 6.45) is 2.23. The van der Waals surface area contributed by atoms with E-state index in [2.05, 4.69) is 27.9 Å². The van der Waals surface area contributed by atoms with E-state index in [-0.39, 0.29) is 18.0 Å². The van der Waals surface area contributed by atoms with Gasteiger partial charge in [-0.2, -0.15) is 0 Å². The van der Waals surface area contributed by atoms with E-state index in [0.717, 1.165) is 37.3 Å². The summed E-state index contributed by atoms with van der Waals surface area (Å²) >= 11 is 0. The van der Waals surface area contributed by atoms with Gasteiger partial charge in [0.25, 0.3) is 0 Å². The molecular formula is C15H22N4O. The van der Waals surface area contributed by atoms with Crippen molar-refractivity contribution in [2.75, 3.05) is 37.3 Å². The average molecular weight is 274 g/mol. The topological polar surface area (TPSA) is 56.4 Å². The van der Waals surface area contributed by atoms with Gasteiger partial charge < -0.3 is 20.9 Å². The van der Waals surface area contributed by atoms with Crippen molar-refractivity contribution >= 4 is 17.3 Å². The van der Waals surface area contributed by atoms with Gasteiger partial charge in [-0.1, -0.05) is 12.1 Å². The molecule has 5 heteroatoms. The number of likely N-dealkylation sites (N-methyl/N-ethyl adjacent to an activating group) is 1. The number of anilines is 2. The maximum Gasteiger partial charge on any atom is 0.244 e. The Balaban J connectivity index is 1.59. The Labute approximate surface area is 119 Å². The molecule has 5 nitrogen and oxygen atoms in total. The van der Waals surface area contributed by atoms with Crippen LogP contribution >= 0.6 is 0 Å². The van der Waals surface area contributed by atoms with Crippen LogP contribution in [0.5, 0.6) is 0 Å². The molecule has 0 radical (unpaired) electrons. The van der Waals surface area contributed by atoms with Gasteiger partial charge >= 0.3 is 0 Å². The average Bonchev–Trinajstić information content (AvgIpc) is 2.47. The fraction of sp³-hybridized carbons (Fsp3) is 0.533. The lowest BCUT2D eigenvalue weighted by molar-refractivity contribution is -0.122. The summed E-state index contributed by atoms with van der Waals surface area (Å²) in [7, 11) is 2.11. The molecular weight excluding hydrogens is 252 g/mol. The number of nitrogens with one attached hydrogen (secondary N) is 3. The van der Waals surface area contributed by atoms with Gasteiger partial charge in [0.2, 0.25) is 5.91 Å². The van der Waals surface area contributed by atoms with Crippen molar-refractivity contribution in [3.63, 3.8) is 0 Å². The predicted molar refractivity (Wildman–Crippen MR) is 81.0 cm³/mol. The number of amides is 1. The standard InChI is InChI=1S/C15H22N4O/c1-19-8-4-5-11(10-19)17-15(20)14-9-16-12-6-2-3-7-13(12)18-14/h2-3,6-7,11,14,16,18H,4-5,8-10H2,1H3,(H,17,20). The smallest absolute Gasteiger partial charge is 0.244 e. The number of para-hydroxylation sites is 2. The molecule has 3 N–H and O–H groups in total. The highest BCUT2D eigenvalue weighted by molar-refractivity contribution is 5.88. The van der Waals surface area contributed by atoms with Gasteiger partial charge in [0.15, 0.2) is 0 Å². The van der Waals surface area contributed by atoms with E-state index in [0.29, 0.717) is 6.54 Å². The zero-order chi connectivity index (χ0) is 13.9. The van der Waals surface area contributed by atoms with Gasteiger partial charge in [0.1, 0.15) is 6.04 Å². The Morgan fingerprint density at radius 1 is 1.35 bits per heavy atom. The Morgan fingerprint density at radius 2 is 2.15 bits per heavy atom. The van der Waals surface area contributed by atoms with Crippen molar-refractivity contribution in [3.8, 4) is 0 Å². The molecule has 1 aromatic carbocycles. The van der Waals surface area contributed by atoms with Crippen LogP contribution in [0, 0.1) is 0 Å². The van der Waals surface area contributed by atoms with Crippen LogP contribution < -0.4 is 16.0 Å². The molecule has 2 heterocycles. The summed E-state index contributed by atoms with van der Waals surface area (Å²) in [5.74, 6) is 0.0901. The minimum absolute atomic E-state index is 0.0901. The largest absolute Gasteiger partial charge is 0.381 e. The Bertz CT molecular complexity index is 491. The van der Waals surface area contributed by atoms with Crippen LogP contribution in [0.3, 0.4) is 0 Å². The molecule has 2 aliphatic rings. The molecule has 3 rings (SSSR count). The summed E-state index contributed by atoms with van der Waals surface area (Å²) in [4.78, 5) is 14.6. The highest BCUT2D eigenvalue weighted by Gasteiger charge is 2.26. The van der Waals surface area contributed by atoms with Gasteiger partial charge in [-0.25, -0.2) is 0 Å². The van der Waals surface area contributed by atoms with Crippen LogP contribution in [0.4, 0.5) is 11.4 Å². The van der Waals surface area contributed by atoms with Crippen LogP contribution in [0.2, 0.25) is 0 Å². The molecule has 2 unspecified atom stereocenters. The summed E-state index contributed by atoms with van der Waals surface area (Å²) < 4.78 is 0. The Hall–Kier alpha value is -1.75. The van der Waals surface area contributed by atoms with Crippen LogP contribution in [0.15, 0.2) is 24.3 Å². The molecule has 0 saturated carbocycles. The summed E-state index contributed by atoms with van der Waals surface area (Å²) in [5.41, 5.74) is 2.06. The molecule has 0 bridgehead atoms. The van der Waals surface area contributed by atoms with Crippen molar-refractivity contribution in [1.82, 2.24) is 10.2 Å². The third kappa shape index (κ3) is 2.88.